The summed E-state index contributed by atoms with van der Waals surface area (Å²) >= 11 is 0. The van der Waals surface area contributed by atoms with Crippen LogP contribution in [0, 0.1) is 17.3 Å². The number of likely N-dealkylation sites (N-methyl/N-ethyl adjacent to an activating group) is 1. The second-order valence-electron chi connectivity index (χ2n) is 19.4. The first-order chi connectivity index (χ1) is 31.7. The Labute approximate surface area is 388 Å². The van der Waals surface area contributed by atoms with Crippen LogP contribution in [-0.2, 0) is 52.8 Å². The summed E-state index contributed by atoms with van der Waals surface area (Å²) in [5.41, 5.74) is 10.6. The van der Waals surface area contributed by atoms with E-state index in [1.54, 1.807) is 30.2 Å². The highest BCUT2D eigenvalue weighted by Crippen LogP contribution is 2.42. The summed E-state index contributed by atoms with van der Waals surface area (Å²) in [5, 5.41) is 5.67. The summed E-state index contributed by atoms with van der Waals surface area (Å²) in [4.78, 5) is 77.8. The molecule has 14 nitrogen and oxygen atoms in total. The fraction of sp³-hybridized carbons (Fsp3) is 0.500. The molecule has 0 spiro atoms. The molecule has 8 rings (SSSR count). The quantitative estimate of drug-likeness (QED) is 0.136. The Hall–Kier alpha value is -5.86. The van der Waals surface area contributed by atoms with Gasteiger partial charge in [0, 0.05) is 74.8 Å². The summed E-state index contributed by atoms with van der Waals surface area (Å²) in [6, 6.07) is 16.1. The molecule has 0 radical (unpaired) electrons. The minimum absolute atomic E-state index is 0.0727. The van der Waals surface area contributed by atoms with Crippen molar-refractivity contribution in [1.29, 1.82) is 0 Å². The molecule has 2 aromatic carbocycles. The highest BCUT2D eigenvalue weighted by atomic mass is 16.5. The molecular weight excluding hydrogens is 835 g/mol. The largest absolute Gasteiger partial charge is 0.464 e. The van der Waals surface area contributed by atoms with Crippen LogP contribution in [0.5, 0.6) is 0 Å². The van der Waals surface area contributed by atoms with E-state index in [1.165, 1.54) is 11.1 Å². The number of rotatable bonds is 10. The van der Waals surface area contributed by atoms with Crippen LogP contribution < -0.4 is 10.7 Å². The zero-order valence-electron chi connectivity index (χ0n) is 39.3. The first-order valence-corrected chi connectivity index (χ1v) is 23.7. The lowest BCUT2D eigenvalue weighted by molar-refractivity contribution is -0.155. The maximum absolute atomic E-state index is 14.8. The molecular formula is C52H65N7O7. The number of methoxy groups -OCH3 is 1. The summed E-state index contributed by atoms with van der Waals surface area (Å²) in [6.45, 7) is 13.9. The first-order valence-electron chi connectivity index (χ1n) is 23.7. The predicted octanol–water partition coefficient (Wildman–Crippen LogP) is 6.41. The van der Waals surface area contributed by atoms with Crippen molar-refractivity contribution in [2.45, 2.75) is 110 Å². The molecule has 3 fully saturated rings. The zero-order chi connectivity index (χ0) is 46.9. The number of fused-ring (bicyclic) bond motifs is 6. The zero-order valence-corrected chi connectivity index (χ0v) is 39.3. The second kappa shape index (κ2) is 19.5. The second-order valence-corrected chi connectivity index (χ2v) is 19.4. The van der Waals surface area contributed by atoms with E-state index in [0.29, 0.717) is 45.3 Å². The van der Waals surface area contributed by atoms with Gasteiger partial charge in [0.15, 0.2) is 0 Å². The van der Waals surface area contributed by atoms with E-state index >= 15 is 0 Å². The van der Waals surface area contributed by atoms with Crippen molar-refractivity contribution in [3.05, 3.63) is 90.3 Å². The summed E-state index contributed by atoms with van der Waals surface area (Å²) < 4.78 is 14.3. The van der Waals surface area contributed by atoms with Gasteiger partial charge in [-0.3, -0.25) is 34.0 Å². The molecule has 3 aliphatic heterocycles. The van der Waals surface area contributed by atoms with Gasteiger partial charge < -0.3 is 29.2 Å². The Kier molecular flexibility index (Phi) is 13.8. The third-order valence-corrected chi connectivity index (χ3v) is 14.3. The van der Waals surface area contributed by atoms with Crippen LogP contribution in [0.3, 0.4) is 0 Å². The molecule has 1 saturated carbocycles. The van der Waals surface area contributed by atoms with Gasteiger partial charge in [0.2, 0.25) is 17.7 Å². The van der Waals surface area contributed by atoms with Gasteiger partial charge in [-0.25, -0.2) is 5.43 Å². The molecule has 4 amide bonds. The molecule has 2 aromatic heterocycles. The monoisotopic (exact) mass is 899 g/mol. The van der Waals surface area contributed by atoms with Gasteiger partial charge >= 0.3 is 5.97 Å². The van der Waals surface area contributed by atoms with E-state index < -0.39 is 41.3 Å². The van der Waals surface area contributed by atoms with E-state index in [4.69, 9.17) is 14.5 Å². The normalized spacial score (nSPS) is 22.2. The Bertz CT molecular complexity index is 2510. The van der Waals surface area contributed by atoms with Crippen molar-refractivity contribution >= 4 is 40.5 Å². The van der Waals surface area contributed by atoms with Crippen LogP contribution in [0.15, 0.2) is 73.4 Å². The molecule has 350 valence electrons. The molecule has 2 saturated heterocycles. The van der Waals surface area contributed by atoms with Crippen LogP contribution in [0.4, 0.5) is 0 Å². The van der Waals surface area contributed by atoms with Gasteiger partial charge in [0.1, 0.15) is 18.1 Å². The number of pyridine rings is 1. The van der Waals surface area contributed by atoms with E-state index in [9.17, 15) is 24.0 Å². The number of nitrogens with zero attached hydrogens (tertiary/aromatic N) is 5. The van der Waals surface area contributed by atoms with Crippen molar-refractivity contribution in [2.24, 2.45) is 17.3 Å². The third-order valence-electron chi connectivity index (χ3n) is 14.3. The molecule has 2 N–H and O–H groups in total. The van der Waals surface area contributed by atoms with Crippen molar-refractivity contribution < 1.29 is 33.4 Å². The van der Waals surface area contributed by atoms with Gasteiger partial charge in [-0.2, -0.15) is 0 Å². The number of esters is 1. The van der Waals surface area contributed by atoms with E-state index in [2.05, 4.69) is 79.1 Å². The fourth-order valence-electron chi connectivity index (χ4n) is 10.4. The Morgan fingerprint density at radius 1 is 1.05 bits per heavy atom. The minimum Gasteiger partial charge on any atom is -0.464 e. The molecule has 14 heteroatoms. The number of carbonyl (C=O) groups is 5. The lowest BCUT2D eigenvalue weighted by atomic mass is 9.78. The van der Waals surface area contributed by atoms with Gasteiger partial charge in [-0.15, -0.1) is 0 Å². The molecule has 1 unspecified atom stereocenters. The van der Waals surface area contributed by atoms with E-state index in [0.717, 1.165) is 69.4 Å². The van der Waals surface area contributed by atoms with Gasteiger partial charge in [0.05, 0.1) is 30.0 Å². The topological polar surface area (TPSA) is 155 Å². The Morgan fingerprint density at radius 2 is 1.83 bits per heavy atom. The molecule has 6 bridgehead atoms. The Balaban J connectivity index is 1.18. The van der Waals surface area contributed by atoms with Crippen LogP contribution >= 0.6 is 0 Å². The summed E-state index contributed by atoms with van der Waals surface area (Å²) in [5.74, 6) is -2.14. The first kappa shape index (κ1) is 46.7. The molecule has 5 heterocycles. The summed E-state index contributed by atoms with van der Waals surface area (Å²) in [6.07, 6.45) is 7.60. The number of hydrogen-bond acceptors (Lipinski definition) is 9. The Morgan fingerprint density at radius 3 is 2.56 bits per heavy atom. The molecule has 66 heavy (non-hydrogen) atoms. The van der Waals surface area contributed by atoms with Gasteiger partial charge in [0.25, 0.3) is 5.91 Å². The van der Waals surface area contributed by atoms with Crippen molar-refractivity contribution in [3.63, 3.8) is 0 Å². The number of amides is 4. The number of ether oxygens (including phenoxy) is 2. The number of benzene rings is 2. The number of nitrogens with one attached hydrogen (secondary N) is 2. The molecule has 4 aromatic rings. The van der Waals surface area contributed by atoms with Crippen molar-refractivity contribution in [2.75, 3.05) is 40.4 Å². The summed E-state index contributed by atoms with van der Waals surface area (Å²) in [7, 11) is 3.36. The minimum atomic E-state index is -1.02. The number of hydrazine groups is 1. The molecule has 4 aliphatic rings. The highest BCUT2D eigenvalue weighted by molar-refractivity contribution is 5.96. The van der Waals surface area contributed by atoms with Gasteiger partial charge in [-0.1, -0.05) is 57.2 Å². The third kappa shape index (κ3) is 9.40. The number of aromatic nitrogens is 2. The maximum Gasteiger partial charge on any atom is 0.324 e. The standard InChI is InChI=1S/C52H65N7O7/c1-8-44(60)57-25-22-37(30-57)49(62)56(6)46(34-15-11-16-34)48(61)54-42-27-33-14-10-17-35(26-33)36-20-21-43-39(28-36)40(47(58(43)9-2)38-18-12-23-53-45(38)32(3)65-7)29-52(4,5)31-66-51(64)41-19-13-24-59(55-41)50(42)63/h8,10,12,14,17-18,20-21,23,26,28,32,34,37,41-42,46,55H,1,9,11,13,15-16,19,22,24-25,27,29-31H2,2-7H3,(H,54,61)/t32-,37-,41-,42-,46?/m0/s1. The SMILES string of the molecule is C=CC(=O)N1CC[C@H](C(=O)N(C)C(C(=O)N[C@H]2Cc3cccc(c3)-c3ccc4c(c3)c(c(-c3cccnc3[C@H](C)OC)n4CC)CC(C)(C)COC(=O)[C@@H]3CCCN(N3)C2=O)C2CCC2)C1. The average Bonchev–Trinajstić information content (AvgIpc) is 3.93. The van der Waals surface area contributed by atoms with Crippen molar-refractivity contribution in [1.82, 2.24) is 35.1 Å². The van der Waals surface area contributed by atoms with Crippen LogP contribution in [0.1, 0.15) is 89.1 Å². The maximum atomic E-state index is 14.8. The van der Waals surface area contributed by atoms with E-state index in [-0.39, 0.29) is 49.3 Å². The predicted molar refractivity (Wildman–Crippen MR) is 252 cm³/mol. The van der Waals surface area contributed by atoms with Crippen LogP contribution in [0.2, 0.25) is 0 Å². The lowest BCUT2D eigenvalue weighted by Gasteiger charge is -2.40. The molecule has 5 atom stereocenters. The number of carbonyl (C=O) groups excluding carboxylic acids is 5. The van der Waals surface area contributed by atoms with Crippen LogP contribution in [0.25, 0.3) is 33.3 Å². The lowest BCUT2D eigenvalue weighted by Crippen LogP contribution is -2.62. The van der Waals surface area contributed by atoms with Gasteiger partial charge in [-0.05, 0) is 111 Å². The van der Waals surface area contributed by atoms with Crippen LogP contribution in [-0.4, -0.2) is 112 Å². The number of cyclic esters (lactones) is 1. The molecule has 1 aliphatic carbocycles. The van der Waals surface area contributed by atoms with Crippen molar-refractivity contribution in [3.8, 4) is 22.4 Å². The van der Waals surface area contributed by atoms with E-state index in [1.807, 2.05) is 25.1 Å². The number of likely N-dealkylation sites (tertiary alicyclic amines) is 1. The average molecular weight is 900 g/mol. The fourth-order valence-corrected chi connectivity index (χ4v) is 10.4. The number of hydrogen-bond donors (Lipinski definition) is 2. The number of aryl methyl sites for hydroxylation is 1. The smallest absolute Gasteiger partial charge is 0.324 e. The highest BCUT2D eigenvalue weighted by Gasteiger charge is 2.43.